The predicted molar refractivity (Wildman–Crippen MR) is 45.4 cm³/mol. The van der Waals surface area contributed by atoms with Gasteiger partial charge in [0.2, 0.25) is 0 Å². The molecule has 66 valence electrons. The number of nitrogens with one attached hydrogen (secondary N) is 1. The average molecular weight is 167 g/mol. The van der Waals surface area contributed by atoms with Crippen LogP contribution in [-0.2, 0) is 6.54 Å². The molecular weight excluding hydrogens is 154 g/mol. The van der Waals surface area contributed by atoms with E-state index >= 15 is 0 Å². The first-order valence-electron chi connectivity index (χ1n) is 3.92. The molecule has 1 unspecified atom stereocenters. The number of hydrogen-bond acceptors (Lipinski definition) is 4. The summed E-state index contributed by atoms with van der Waals surface area (Å²) in [4.78, 5) is 7.82. The summed E-state index contributed by atoms with van der Waals surface area (Å²) in [5.74, 6) is 0. The maximum atomic E-state index is 8.94. The van der Waals surface area contributed by atoms with Gasteiger partial charge in [0, 0.05) is 19.3 Å². The average Bonchev–Trinajstić information content (AvgIpc) is 2.05. The Morgan fingerprint density at radius 1 is 1.67 bits per heavy atom. The molecule has 0 radical (unpaired) electrons. The molecular formula is C8H13N3O. The molecule has 1 atom stereocenters. The van der Waals surface area contributed by atoms with Crippen molar-refractivity contribution in [1.29, 1.82) is 0 Å². The van der Waals surface area contributed by atoms with Gasteiger partial charge < -0.3 is 10.4 Å². The van der Waals surface area contributed by atoms with Crippen LogP contribution < -0.4 is 5.32 Å². The molecule has 0 saturated carbocycles. The van der Waals surface area contributed by atoms with Gasteiger partial charge in [-0.1, -0.05) is 0 Å². The number of aromatic nitrogens is 2. The van der Waals surface area contributed by atoms with Crippen LogP contribution in [0.3, 0.4) is 0 Å². The van der Waals surface area contributed by atoms with Gasteiger partial charge >= 0.3 is 0 Å². The van der Waals surface area contributed by atoms with Crippen molar-refractivity contribution >= 4 is 0 Å². The molecule has 4 nitrogen and oxygen atoms in total. The van der Waals surface area contributed by atoms with E-state index in [1.165, 1.54) is 6.33 Å². The molecule has 0 fully saturated rings. The maximum absolute atomic E-state index is 8.94. The van der Waals surface area contributed by atoms with E-state index in [1.807, 2.05) is 6.07 Å². The van der Waals surface area contributed by atoms with Crippen LogP contribution in [-0.4, -0.2) is 27.7 Å². The zero-order valence-electron chi connectivity index (χ0n) is 7.07. The van der Waals surface area contributed by atoms with Crippen LogP contribution in [0.5, 0.6) is 0 Å². The van der Waals surface area contributed by atoms with E-state index in [0.29, 0.717) is 13.1 Å². The van der Waals surface area contributed by atoms with Crippen molar-refractivity contribution in [3.05, 3.63) is 24.3 Å². The number of rotatable bonds is 4. The Bertz CT molecular complexity index is 213. The van der Waals surface area contributed by atoms with Crippen LogP contribution in [0.1, 0.15) is 12.6 Å². The minimum atomic E-state index is -0.313. The van der Waals surface area contributed by atoms with E-state index in [0.717, 1.165) is 5.69 Å². The third kappa shape index (κ3) is 3.41. The summed E-state index contributed by atoms with van der Waals surface area (Å²) in [5, 5.41) is 12.0. The number of nitrogens with zero attached hydrogens (tertiary/aromatic N) is 2. The highest BCUT2D eigenvalue weighted by Gasteiger charge is 1.95. The van der Waals surface area contributed by atoms with Crippen molar-refractivity contribution in [2.75, 3.05) is 6.54 Å². The summed E-state index contributed by atoms with van der Waals surface area (Å²) in [7, 11) is 0. The molecule has 0 bridgehead atoms. The number of hydrogen-bond donors (Lipinski definition) is 2. The highest BCUT2D eigenvalue weighted by Crippen LogP contribution is 1.89. The third-order valence-corrected chi connectivity index (χ3v) is 1.39. The standard InChI is InChI=1S/C8H13N3O/c1-7(12)4-10-5-8-2-3-9-6-11-8/h2-3,6-7,10,12H,4-5H2,1H3. The molecule has 12 heavy (non-hydrogen) atoms. The fraction of sp³-hybridized carbons (Fsp3) is 0.500. The molecule has 0 amide bonds. The molecule has 1 rings (SSSR count). The van der Waals surface area contributed by atoms with E-state index in [-0.39, 0.29) is 6.10 Å². The topological polar surface area (TPSA) is 58.0 Å². The van der Waals surface area contributed by atoms with Gasteiger partial charge in [-0.05, 0) is 13.0 Å². The Morgan fingerprint density at radius 2 is 2.50 bits per heavy atom. The Labute approximate surface area is 71.7 Å². The SMILES string of the molecule is CC(O)CNCc1ccncn1. The zero-order chi connectivity index (χ0) is 8.81. The Hall–Kier alpha value is -1.00. The number of aliphatic hydroxyl groups excluding tert-OH is 1. The first kappa shape index (κ1) is 9.09. The molecule has 0 aliphatic carbocycles. The van der Waals surface area contributed by atoms with E-state index in [1.54, 1.807) is 13.1 Å². The number of aliphatic hydroxyl groups is 1. The lowest BCUT2D eigenvalue weighted by atomic mass is 10.3. The molecule has 0 aliphatic heterocycles. The quantitative estimate of drug-likeness (QED) is 0.660. The van der Waals surface area contributed by atoms with Crippen molar-refractivity contribution in [3.63, 3.8) is 0 Å². The van der Waals surface area contributed by atoms with E-state index in [4.69, 9.17) is 5.11 Å². The van der Waals surface area contributed by atoms with E-state index < -0.39 is 0 Å². The van der Waals surface area contributed by atoms with Gasteiger partial charge in [-0.3, -0.25) is 0 Å². The van der Waals surface area contributed by atoms with Gasteiger partial charge in [0.05, 0.1) is 11.8 Å². The fourth-order valence-electron chi connectivity index (χ4n) is 0.832. The highest BCUT2D eigenvalue weighted by molar-refractivity contribution is 4.96. The minimum Gasteiger partial charge on any atom is -0.392 e. The normalized spacial score (nSPS) is 12.8. The van der Waals surface area contributed by atoms with Crippen LogP contribution in [0.25, 0.3) is 0 Å². The Morgan fingerprint density at radius 3 is 3.08 bits per heavy atom. The lowest BCUT2D eigenvalue weighted by molar-refractivity contribution is 0.191. The first-order chi connectivity index (χ1) is 5.79. The van der Waals surface area contributed by atoms with Crippen molar-refractivity contribution in [2.24, 2.45) is 0 Å². The summed E-state index contributed by atoms with van der Waals surface area (Å²) >= 11 is 0. The molecule has 1 aromatic heterocycles. The summed E-state index contributed by atoms with van der Waals surface area (Å²) in [5.41, 5.74) is 0.936. The van der Waals surface area contributed by atoms with Gasteiger partial charge in [-0.2, -0.15) is 0 Å². The molecule has 2 N–H and O–H groups in total. The van der Waals surface area contributed by atoms with Crippen LogP contribution in [0, 0.1) is 0 Å². The largest absolute Gasteiger partial charge is 0.392 e. The van der Waals surface area contributed by atoms with Crippen LogP contribution >= 0.6 is 0 Å². The highest BCUT2D eigenvalue weighted by atomic mass is 16.3. The summed E-state index contributed by atoms with van der Waals surface area (Å²) in [6.07, 6.45) is 2.90. The van der Waals surface area contributed by atoms with Crippen LogP contribution in [0.4, 0.5) is 0 Å². The third-order valence-electron chi connectivity index (χ3n) is 1.39. The van der Waals surface area contributed by atoms with Gasteiger partial charge in [0.25, 0.3) is 0 Å². The maximum Gasteiger partial charge on any atom is 0.115 e. The molecule has 0 aromatic carbocycles. The Balaban J connectivity index is 2.25. The molecule has 0 aliphatic rings. The summed E-state index contributed by atoms with van der Waals surface area (Å²) < 4.78 is 0. The molecule has 4 heteroatoms. The smallest absolute Gasteiger partial charge is 0.115 e. The monoisotopic (exact) mass is 167 g/mol. The van der Waals surface area contributed by atoms with E-state index in [9.17, 15) is 0 Å². The molecule has 0 spiro atoms. The lowest BCUT2D eigenvalue weighted by Crippen LogP contribution is -2.24. The van der Waals surface area contributed by atoms with Gasteiger partial charge in [0.15, 0.2) is 0 Å². The summed E-state index contributed by atoms with van der Waals surface area (Å²) in [6, 6.07) is 1.84. The van der Waals surface area contributed by atoms with Gasteiger partial charge in [0.1, 0.15) is 6.33 Å². The first-order valence-corrected chi connectivity index (χ1v) is 3.92. The van der Waals surface area contributed by atoms with Crippen molar-refractivity contribution < 1.29 is 5.11 Å². The molecule has 1 heterocycles. The molecule has 0 saturated heterocycles. The second-order valence-corrected chi connectivity index (χ2v) is 2.68. The Kier molecular flexibility index (Phi) is 3.63. The van der Waals surface area contributed by atoms with Crippen LogP contribution in [0.15, 0.2) is 18.6 Å². The van der Waals surface area contributed by atoms with E-state index in [2.05, 4.69) is 15.3 Å². The zero-order valence-corrected chi connectivity index (χ0v) is 7.07. The second-order valence-electron chi connectivity index (χ2n) is 2.68. The fourth-order valence-corrected chi connectivity index (χ4v) is 0.832. The van der Waals surface area contributed by atoms with Crippen molar-refractivity contribution in [1.82, 2.24) is 15.3 Å². The summed E-state index contributed by atoms with van der Waals surface area (Å²) in [6.45, 7) is 3.00. The second kappa shape index (κ2) is 4.79. The van der Waals surface area contributed by atoms with Crippen LogP contribution in [0.2, 0.25) is 0 Å². The van der Waals surface area contributed by atoms with Gasteiger partial charge in [-0.25, -0.2) is 9.97 Å². The predicted octanol–water partition coefficient (Wildman–Crippen LogP) is -0.0530. The lowest BCUT2D eigenvalue weighted by Gasteiger charge is -2.05. The van der Waals surface area contributed by atoms with Crippen molar-refractivity contribution in [3.8, 4) is 0 Å². The van der Waals surface area contributed by atoms with Crippen molar-refractivity contribution in [2.45, 2.75) is 19.6 Å². The molecule has 1 aromatic rings. The van der Waals surface area contributed by atoms with Gasteiger partial charge in [-0.15, -0.1) is 0 Å². The minimum absolute atomic E-state index is 0.313.